The van der Waals surface area contributed by atoms with Crippen molar-refractivity contribution in [3.05, 3.63) is 35.9 Å². The average Bonchev–Trinajstić information content (AvgIpc) is 3.00. The Labute approximate surface area is 146 Å². The number of benzene rings is 1. The lowest BCUT2D eigenvalue weighted by Gasteiger charge is -2.31. The largest absolute Gasteiger partial charge is 0.327 e. The summed E-state index contributed by atoms with van der Waals surface area (Å²) in [7, 11) is 0. The lowest BCUT2D eigenvalue weighted by Crippen LogP contribution is -3.15. The van der Waals surface area contributed by atoms with E-state index in [-0.39, 0.29) is 5.91 Å². The minimum Gasteiger partial charge on any atom is -0.327 e. The fraction of sp³-hybridized carbons (Fsp3) is 0.471. The van der Waals surface area contributed by atoms with Gasteiger partial charge in [-0.15, -0.1) is 0 Å². The second-order valence-corrected chi connectivity index (χ2v) is 7.27. The van der Waals surface area contributed by atoms with Crippen molar-refractivity contribution in [3.8, 4) is 5.69 Å². The van der Waals surface area contributed by atoms with Crippen molar-refractivity contribution in [1.29, 1.82) is 0 Å². The van der Waals surface area contributed by atoms with Gasteiger partial charge in [-0.3, -0.25) is 4.79 Å². The van der Waals surface area contributed by atoms with Gasteiger partial charge in [0.15, 0.2) is 6.54 Å². The van der Waals surface area contributed by atoms with E-state index in [1.54, 1.807) is 23.1 Å². The maximum Gasteiger partial charge on any atom is 0.279 e. The summed E-state index contributed by atoms with van der Waals surface area (Å²) in [5.41, 5.74) is 1.40. The van der Waals surface area contributed by atoms with Gasteiger partial charge in [0.25, 0.3) is 5.91 Å². The molecule has 7 heteroatoms. The van der Waals surface area contributed by atoms with Gasteiger partial charge in [-0.05, 0) is 24.6 Å². The van der Waals surface area contributed by atoms with Crippen LogP contribution in [0, 0.1) is 11.8 Å². The normalized spacial score (nSPS) is 23.9. The molecular weight excluding hydrogens is 326 g/mol. The third-order valence-corrected chi connectivity index (χ3v) is 4.62. The predicted molar refractivity (Wildman–Crippen MR) is 93.5 cm³/mol. The second kappa shape index (κ2) is 7.32. The number of halogens is 1. The van der Waals surface area contributed by atoms with Gasteiger partial charge in [-0.2, -0.15) is 5.10 Å². The molecule has 1 fully saturated rings. The molecule has 1 aliphatic rings. The number of hydrogen-bond acceptors (Lipinski definition) is 3. The van der Waals surface area contributed by atoms with Gasteiger partial charge < -0.3 is 10.2 Å². The first-order valence-corrected chi connectivity index (χ1v) is 8.67. The molecule has 2 N–H and O–H groups in total. The molecule has 0 unspecified atom stereocenters. The highest BCUT2D eigenvalue weighted by atomic mass is 35.5. The van der Waals surface area contributed by atoms with E-state index in [2.05, 4.69) is 29.2 Å². The molecule has 1 amide bonds. The Kier molecular flexibility index (Phi) is 5.16. The summed E-state index contributed by atoms with van der Waals surface area (Å²) in [5.74, 6) is 1.32. The van der Waals surface area contributed by atoms with E-state index in [1.807, 2.05) is 6.07 Å². The second-order valence-electron chi connectivity index (χ2n) is 6.83. The number of amides is 1. The Hall–Kier alpha value is -1.92. The predicted octanol–water partition coefficient (Wildman–Crippen LogP) is 1.42. The van der Waals surface area contributed by atoms with Crippen LogP contribution in [0.5, 0.6) is 0 Å². The number of anilines is 1. The number of rotatable bonds is 4. The van der Waals surface area contributed by atoms with Crippen molar-refractivity contribution >= 4 is 23.2 Å². The molecule has 0 aliphatic carbocycles. The van der Waals surface area contributed by atoms with E-state index in [4.69, 9.17) is 11.6 Å². The third kappa shape index (κ3) is 4.13. The number of quaternary nitrogens is 1. The van der Waals surface area contributed by atoms with Crippen LogP contribution in [0.1, 0.15) is 20.3 Å². The molecule has 1 aromatic carbocycles. The zero-order chi connectivity index (χ0) is 17.1. The number of aromatic nitrogens is 3. The van der Waals surface area contributed by atoms with Gasteiger partial charge in [-0.1, -0.05) is 25.4 Å². The number of carbonyl (C=O) groups excluding carboxylic acids is 1. The molecule has 3 rings (SSSR count). The van der Waals surface area contributed by atoms with Gasteiger partial charge in [0.05, 0.1) is 24.5 Å². The number of piperidine rings is 1. The molecule has 2 aromatic rings. The fourth-order valence-corrected chi connectivity index (χ4v) is 3.80. The smallest absolute Gasteiger partial charge is 0.279 e. The average molecular weight is 349 g/mol. The Balaban J connectivity index is 1.71. The molecule has 1 aromatic heterocycles. The molecule has 128 valence electrons. The number of nitrogens with zero attached hydrogens (tertiary/aromatic N) is 3. The summed E-state index contributed by atoms with van der Waals surface area (Å²) >= 11 is 6.09. The van der Waals surface area contributed by atoms with Crippen molar-refractivity contribution in [2.45, 2.75) is 20.3 Å². The van der Waals surface area contributed by atoms with Crippen LogP contribution in [0.15, 0.2) is 30.9 Å². The summed E-state index contributed by atoms with van der Waals surface area (Å²) in [5, 5.41) is 7.68. The maximum absolute atomic E-state index is 12.5. The zero-order valence-electron chi connectivity index (χ0n) is 14.0. The van der Waals surface area contributed by atoms with Crippen molar-refractivity contribution < 1.29 is 9.69 Å². The highest BCUT2D eigenvalue weighted by molar-refractivity contribution is 6.31. The van der Waals surface area contributed by atoms with Crippen molar-refractivity contribution in [2.75, 3.05) is 25.0 Å². The quantitative estimate of drug-likeness (QED) is 0.878. The monoisotopic (exact) mass is 348 g/mol. The molecule has 0 bridgehead atoms. The van der Waals surface area contributed by atoms with E-state index in [9.17, 15) is 4.79 Å². The van der Waals surface area contributed by atoms with Gasteiger partial charge in [-0.25, -0.2) is 9.67 Å². The molecule has 0 saturated carbocycles. The molecule has 24 heavy (non-hydrogen) atoms. The molecular formula is C17H23ClN5O+. The molecule has 1 saturated heterocycles. The first kappa shape index (κ1) is 16.9. The zero-order valence-corrected chi connectivity index (χ0v) is 14.8. The van der Waals surface area contributed by atoms with Crippen molar-refractivity contribution in [1.82, 2.24) is 14.8 Å². The van der Waals surface area contributed by atoms with Crippen LogP contribution < -0.4 is 10.2 Å². The third-order valence-electron chi connectivity index (χ3n) is 4.39. The Morgan fingerprint density at radius 1 is 1.38 bits per heavy atom. The molecule has 2 atom stereocenters. The summed E-state index contributed by atoms with van der Waals surface area (Å²) in [6.45, 7) is 7.07. The SMILES string of the molecule is C[C@@H]1C[C@@H](C)C[NH+](CC(=O)Nc2cc(Cl)ccc2-n2cncn2)C1. The van der Waals surface area contributed by atoms with E-state index in [0.717, 1.165) is 18.8 Å². The fourth-order valence-electron chi connectivity index (χ4n) is 3.63. The highest BCUT2D eigenvalue weighted by Crippen LogP contribution is 2.23. The minimum absolute atomic E-state index is 0.00469. The summed E-state index contributed by atoms with van der Waals surface area (Å²) in [6, 6.07) is 5.34. The molecule has 6 nitrogen and oxygen atoms in total. The Bertz CT molecular complexity index is 693. The lowest BCUT2D eigenvalue weighted by atomic mass is 9.92. The number of likely N-dealkylation sites (tertiary alicyclic amines) is 1. The molecule has 0 radical (unpaired) electrons. The van der Waals surface area contributed by atoms with Gasteiger partial charge >= 0.3 is 0 Å². The number of nitrogens with one attached hydrogen (secondary N) is 2. The highest BCUT2D eigenvalue weighted by Gasteiger charge is 2.26. The lowest BCUT2D eigenvalue weighted by molar-refractivity contribution is -0.904. The summed E-state index contributed by atoms with van der Waals surface area (Å²) in [4.78, 5) is 17.8. The van der Waals surface area contributed by atoms with Crippen LogP contribution in [0.25, 0.3) is 5.69 Å². The van der Waals surface area contributed by atoms with Gasteiger partial charge in [0.2, 0.25) is 0 Å². The number of carbonyl (C=O) groups is 1. The molecule has 1 aliphatic heterocycles. The Morgan fingerprint density at radius 3 is 2.79 bits per heavy atom. The van der Waals surface area contributed by atoms with E-state index >= 15 is 0 Å². The number of hydrogen-bond donors (Lipinski definition) is 2. The van der Waals surface area contributed by atoms with Crippen molar-refractivity contribution in [2.24, 2.45) is 11.8 Å². The van der Waals surface area contributed by atoms with E-state index in [1.165, 1.54) is 17.6 Å². The summed E-state index contributed by atoms with van der Waals surface area (Å²) < 4.78 is 1.61. The Morgan fingerprint density at radius 2 is 2.12 bits per heavy atom. The van der Waals surface area contributed by atoms with E-state index in [0.29, 0.717) is 29.1 Å². The van der Waals surface area contributed by atoms with Crippen LogP contribution in [-0.2, 0) is 4.79 Å². The van der Waals surface area contributed by atoms with Crippen LogP contribution >= 0.6 is 11.6 Å². The first-order chi connectivity index (χ1) is 11.5. The van der Waals surface area contributed by atoms with Crippen LogP contribution in [-0.4, -0.2) is 40.3 Å². The minimum atomic E-state index is -0.00469. The first-order valence-electron chi connectivity index (χ1n) is 8.29. The standard InChI is InChI=1S/C17H22ClN5O/c1-12-5-13(2)8-22(7-12)9-17(24)21-15-6-14(18)3-4-16(15)23-11-19-10-20-23/h3-4,6,10-13H,5,7-9H2,1-2H3,(H,21,24)/p+1/t12-,13-/m1/s1. The van der Waals surface area contributed by atoms with Gasteiger partial charge in [0.1, 0.15) is 12.7 Å². The van der Waals surface area contributed by atoms with E-state index < -0.39 is 0 Å². The van der Waals surface area contributed by atoms with Crippen LogP contribution in [0.2, 0.25) is 5.02 Å². The van der Waals surface area contributed by atoms with Crippen LogP contribution in [0.3, 0.4) is 0 Å². The molecule has 0 spiro atoms. The van der Waals surface area contributed by atoms with Crippen LogP contribution in [0.4, 0.5) is 5.69 Å². The van der Waals surface area contributed by atoms with Crippen molar-refractivity contribution in [3.63, 3.8) is 0 Å². The topological polar surface area (TPSA) is 64.2 Å². The summed E-state index contributed by atoms with van der Waals surface area (Å²) in [6.07, 6.45) is 4.30. The van der Waals surface area contributed by atoms with Gasteiger partial charge in [0, 0.05) is 16.9 Å². The maximum atomic E-state index is 12.5. The molecule has 2 heterocycles.